The van der Waals surface area contributed by atoms with Gasteiger partial charge in [0.2, 0.25) is 5.96 Å². The lowest BCUT2D eigenvalue weighted by Gasteiger charge is -2.41. The molecule has 2 unspecified atom stereocenters. The van der Waals surface area contributed by atoms with Gasteiger partial charge in [0.15, 0.2) is 12.2 Å². The molecule has 1 aromatic rings. The van der Waals surface area contributed by atoms with Gasteiger partial charge in [-0.05, 0) is 44.0 Å². The number of anilines is 1. The second kappa shape index (κ2) is 7.77. The van der Waals surface area contributed by atoms with Crippen LogP contribution in [-0.2, 0) is 4.79 Å². The van der Waals surface area contributed by atoms with Crippen molar-refractivity contribution in [1.29, 1.82) is 0 Å². The molecule has 2 saturated heterocycles. The summed E-state index contributed by atoms with van der Waals surface area (Å²) in [6, 6.07) is 7.10. The van der Waals surface area contributed by atoms with Crippen molar-refractivity contribution in [2.45, 2.75) is 32.0 Å². The fourth-order valence-electron chi connectivity index (χ4n) is 4.21. The predicted octanol–water partition coefficient (Wildman–Crippen LogP) is 2.13. The molecule has 4 rings (SSSR count). The average molecular weight is 397 g/mol. The number of ether oxygens (including phenoxy) is 1. The Morgan fingerprint density at radius 1 is 1.21 bits per heavy atom. The topological polar surface area (TPSA) is 68.7 Å². The van der Waals surface area contributed by atoms with Crippen LogP contribution in [0.5, 0.6) is 5.75 Å². The molecule has 0 radical (unpaired) electrons. The first-order chi connectivity index (χ1) is 14.1. The van der Waals surface area contributed by atoms with Gasteiger partial charge in [0.05, 0.1) is 6.61 Å². The fourth-order valence-corrected chi connectivity index (χ4v) is 4.21. The summed E-state index contributed by atoms with van der Waals surface area (Å²) < 4.78 is 5.55. The molecule has 0 saturated carbocycles. The van der Waals surface area contributed by atoms with Crippen molar-refractivity contribution in [2.24, 2.45) is 4.99 Å². The maximum Gasteiger partial charge on any atom is 0.328 e. The number of hydrogen-bond donors (Lipinski definition) is 0. The Morgan fingerprint density at radius 3 is 2.62 bits per heavy atom. The number of rotatable bonds is 5. The Bertz CT molecular complexity index is 837. The number of benzene rings is 1. The molecule has 3 amide bonds. The van der Waals surface area contributed by atoms with Gasteiger partial charge in [0.25, 0.3) is 5.91 Å². The van der Waals surface area contributed by atoms with Gasteiger partial charge in [0, 0.05) is 32.4 Å². The number of nitrogens with zero attached hydrogens (tertiary/aromatic N) is 5. The van der Waals surface area contributed by atoms with Gasteiger partial charge in [-0.3, -0.25) is 9.69 Å². The van der Waals surface area contributed by atoms with E-state index in [4.69, 9.17) is 9.73 Å². The molecule has 0 spiro atoms. The summed E-state index contributed by atoms with van der Waals surface area (Å²) in [5.74, 6) is 1.38. The van der Waals surface area contributed by atoms with Crippen LogP contribution in [0.1, 0.15) is 19.8 Å². The lowest BCUT2D eigenvalue weighted by atomic mass is 10.1. The van der Waals surface area contributed by atoms with Crippen molar-refractivity contribution in [3.05, 3.63) is 36.9 Å². The fraction of sp³-hybridized carbons (Fsp3) is 0.476. The second-order valence-electron chi connectivity index (χ2n) is 7.40. The first-order valence-electron chi connectivity index (χ1n) is 10.1. The number of hydrogen-bond acceptors (Lipinski definition) is 6. The molecule has 3 heterocycles. The van der Waals surface area contributed by atoms with E-state index in [1.54, 1.807) is 18.0 Å². The summed E-state index contributed by atoms with van der Waals surface area (Å²) >= 11 is 0. The molecule has 8 heteroatoms. The Kier molecular flexibility index (Phi) is 5.17. The molecule has 2 fully saturated rings. The summed E-state index contributed by atoms with van der Waals surface area (Å²) in [5.41, 5.74) is 1.00. The maximum atomic E-state index is 13.2. The number of amides is 3. The minimum atomic E-state index is -0.505. The van der Waals surface area contributed by atoms with E-state index < -0.39 is 12.2 Å². The molecular formula is C21H27N5O3. The van der Waals surface area contributed by atoms with Crippen molar-refractivity contribution in [3.8, 4) is 5.75 Å². The Balaban J connectivity index is 1.68. The van der Waals surface area contributed by atoms with Crippen molar-refractivity contribution in [3.63, 3.8) is 0 Å². The second-order valence-corrected chi connectivity index (χ2v) is 7.40. The van der Waals surface area contributed by atoms with Gasteiger partial charge in [-0.2, -0.15) is 0 Å². The van der Waals surface area contributed by atoms with Crippen LogP contribution < -0.4 is 9.64 Å². The van der Waals surface area contributed by atoms with Gasteiger partial charge in [0.1, 0.15) is 5.75 Å². The van der Waals surface area contributed by atoms with E-state index in [1.807, 2.05) is 31.2 Å². The first-order valence-corrected chi connectivity index (χ1v) is 10.1. The summed E-state index contributed by atoms with van der Waals surface area (Å²) in [7, 11) is 1.71. The lowest BCUT2D eigenvalue weighted by Crippen LogP contribution is -2.65. The summed E-state index contributed by atoms with van der Waals surface area (Å²) in [5, 5.41) is 0. The van der Waals surface area contributed by atoms with Crippen LogP contribution in [-0.4, -0.2) is 78.1 Å². The van der Waals surface area contributed by atoms with Crippen molar-refractivity contribution in [1.82, 2.24) is 14.7 Å². The van der Waals surface area contributed by atoms with Crippen molar-refractivity contribution >= 4 is 23.6 Å². The zero-order chi connectivity index (χ0) is 20.5. The van der Waals surface area contributed by atoms with E-state index in [1.165, 1.54) is 4.90 Å². The number of aliphatic imine (C=N–C) groups is 1. The maximum absolute atomic E-state index is 13.2. The van der Waals surface area contributed by atoms with Crippen LogP contribution in [0, 0.1) is 0 Å². The summed E-state index contributed by atoms with van der Waals surface area (Å²) in [6.45, 7) is 8.01. The molecule has 3 aliphatic heterocycles. The molecular weight excluding hydrogens is 370 g/mol. The van der Waals surface area contributed by atoms with Crippen LogP contribution in [0.4, 0.5) is 10.5 Å². The molecule has 2 atom stereocenters. The van der Waals surface area contributed by atoms with Crippen LogP contribution in [0.3, 0.4) is 0 Å². The normalized spacial score (nSPS) is 24.1. The number of carbonyl (C=O) groups excluding carboxylic acids is 2. The molecule has 1 aromatic carbocycles. The van der Waals surface area contributed by atoms with Crippen LogP contribution in [0.15, 0.2) is 41.9 Å². The van der Waals surface area contributed by atoms with Gasteiger partial charge < -0.3 is 19.4 Å². The molecule has 8 nitrogen and oxygen atoms in total. The highest BCUT2D eigenvalue weighted by molar-refractivity contribution is 6.07. The lowest BCUT2D eigenvalue weighted by molar-refractivity contribution is -0.136. The van der Waals surface area contributed by atoms with E-state index in [-0.39, 0.29) is 18.5 Å². The number of urea groups is 1. The van der Waals surface area contributed by atoms with Crippen LogP contribution in [0.2, 0.25) is 0 Å². The summed E-state index contributed by atoms with van der Waals surface area (Å²) in [6.07, 6.45) is 3.03. The van der Waals surface area contributed by atoms with E-state index in [0.29, 0.717) is 6.61 Å². The molecule has 0 bridgehead atoms. The highest BCUT2D eigenvalue weighted by Gasteiger charge is 2.53. The monoisotopic (exact) mass is 397 g/mol. The number of imide groups is 1. The minimum absolute atomic E-state index is 0.203. The number of carbonyl (C=O) groups is 2. The molecule has 154 valence electrons. The van der Waals surface area contributed by atoms with Crippen LogP contribution in [0.25, 0.3) is 0 Å². The molecule has 3 aliphatic rings. The Labute approximate surface area is 171 Å². The van der Waals surface area contributed by atoms with Gasteiger partial charge in [-0.15, -0.1) is 6.58 Å². The zero-order valence-electron chi connectivity index (χ0n) is 17.0. The van der Waals surface area contributed by atoms with Gasteiger partial charge in [-0.25, -0.2) is 9.79 Å². The smallest absolute Gasteiger partial charge is 0.328 e. The third-order valence-electron chi connectivity index (χ3n) is 5.61. The van der Waals surface area contributed by atoms with E-state index in [2.05, 4.69) is 16.4 Å². The number of fused-ring (bicyclic) bond motifs is 3. The molecule has 0 N–H and O–H groups in total. The number of likely N-dealkylation sites (N-methyl/N-ethyl adjacent to an activating group) is 1. The van der Waals surface area contributed by atoms with Crippen molar-refractivity contribution < 1.29 is 14.3 Å². The predicted molar refractivity (Wildman–Crippen MR) is 111 cm³/mol. The quantitative estimate of drug-likeness (QED) is 0.712. The molecule has 0 aromatic heterocycles. The van der Waals surface area contributed by atoms with E-state index in [0.717, 1.165) is 43.3 Å². The highest BCUT2D eigenvalue weighted by atomic mass is 16.5. The van der Waals surface area contributed by atoms with Gasteiger partial charge >= 0.3 is 6.03 Å². The average Bonchev–Trinajstić information content (AvgIpc) is 2.98. The molecule has 29 heavy (non-hydrogen) atoms. The molecule has 0 aliphatic carbocycles. The Hall–Kier alpha value is -3.03. The third-order valence-corrected chi connectivity index (χ3v) is 5.61. The first kappa shape index (κ1) is 19.3. The SMILES string of the molecule is C=CCN1C(=O)C2C(N=C3N(c4ccc(OCC)cc4)CCCCN32)N(C)C1=O. The zero-order valence-corrected chi connectivity index (χ0v) is 17.0. The highest BCUT2D eigenvalue weighted by Crippen LogP contribution is 2.32. The third kappa shape index (κ3) is 3.22. The summed E-state index contributed by atoms with van der Waals surface area (Å²) in [4.78, 5) is 37.7. The van der Waals surface area contributed by atoms with Crippen molar-refractivity contribution in [2.75, 3.05) is 38.2 Å². The standard InChI is InChI=1S/C21H27N5O3/c1-4-12-26-19(27)17-18(23(3)21(26)28)22-20-24(13-6-7-14-25(17)20)15-8-10-16(11-9-15)29-5-2/h4,8-11,17-18H,1,5-7,12-14H2,2-3H3. The van der Waals surface area contributed by atoms with E-state index >= 15 is 0 Å². The van der Waals surface area contributed by atoms with Gasteiger partial charge in [-0.1, -0.05) is 6.08 Å². The van der Waals surface area contributed by atoms with Crippen LogP contribution >= 0.6 is 0 Å². The Morgan fingerprint density at radius 2 is 1.93 bits per heavy atom. The number of guanidine groups is 1. The minimum Gasteiger partial charge on any atom is -0.494 e. The van der Waals surface area contributed by atoms with E-state index in [9.17, 15) is 9.59 Å². The largest absolute Gasteiger partial charge is 0.494 e.